The Morgan fingerprint density at radius 2 is 1.84 bits per heavy atom. The van der Waals surface area contributed by atoms with Gasteiger partial charge in [0.1, 0.15) is 5.60 Å². The van der Waals surface area contributed by atoms with Gasteiger partial charge in [0.25, 0.3) is 0 Å². The van der Waals surface area contributed by atoms with Crippen molar-refractivity contribution in [1.29, 1.82) is 0 Å². The fourth-order valence-electron chi connectivity index (χ4n) is 1.72. The average Bonchev–Trinajstić information content (AvgIpc) is 2.25. The van der Waals surface area contributed by atoms with Crippen molar-refractivity contribution in [1.82, 2.24) is 5.32 Å². The van der Waals surface area contributed by atoms with Gasteiger partial charge in [-0.1, -0.05) is 29.8 Å². The molecule has 0 aliphatic heterocycles. The van der Waals surface area contributed by atoms with Crippen LogP contribution in [0.2, 0.25) is 0 Å². The van der Waals surface area contributed by atoms with Crippen LogP contribution in [0.4, 0.5) is 4.79 Å². The van der Waals surface area contributed by atoms with Crippen LogP contribution in [-0.2, 0) is 11.2 Å². The number of nitrogens with one attached hydrogen (secondary N) is 1. The molecule has 1 N–H and O–H groups in total. The number of amides is 1. The Bertz CT molecular complexity index is 404. The van der Waals surface area contributed by atoms with Gasteiger partial charge in [-0.15, -0.1) is 0 Å². The van der Waals surface area contributed by atoms with Gasteiger partial charge in [0, 0.05) is 6.04 Å². The SMILES string of the molecule is Cc1ccc(CCC(C)NC(=O)OC(C)(C)C)cc1. The molecule has 1 rings (SSSR count). The zero-order valence-electron chi connectivity index (χ0n) is 12.6. The molecule has 19 heavy (non-hydrogen) atoms. The minimum Gasteiger partial charge on any atom is -0.444 e. The second kappa shape index (κ2) is 6.60. The number of hydrogen-bond acceptors (Lipinski definition) is 2. The van der Waals surface area contributed by atoms with E-state index in [1.807, 2.05) is 27.7 Å². The first-order valence-electron chi connectivity index (χ1n) is 6.81. The van der Waals surface area contributed by atoms with Gasteiger partial charge >= 0.3 is 6.09 Å². The number of carbonyl (C=O) groups excluding carboxylic acids is 1. The molecule has 0 aliphatic rings. The zero-order chi connectivity index (χ0) is 14.5. The van der Waals surface area contributed by atoms with Crippen molar-refractivity contribution in [3.8, 4) is 0 Å². The molecule has 0 fully saturated rings. The second-order valence-electron chi connectivity index (χ2n) is 6.07. The summed E-state index contributed by atoms with van der Waals surface area (Å²) in [4.78, 5) is 11.6. The van der Waals surface area contributed by atoms with Gasteiger partial charge in [0.2, 0.25) is 0 Å². The smallest absolute Gasteiger partial charge is 0.407 e. The van der Waals surface area contributed by atoms with Crippen LogP contribution in [0.5, 0.6) is 0 Å². The maximum atomic E-state index is 11.6. The quantitative estimate of drug-likeness (QED) is 0.896. The molecule has 3 nitrogen and oxygen atoms in total. The number of ether oxygens (including phenoxy) is 1. The summed E-state index contributed by atoms with van der Waals surface area (Å²) in [5, 5.41) is 2.86. The standard InChI is InChI=1S/C16H25NO2/c1-12-6-9-14(10-7-12)11-8-13(2)17-15(18)19-16(3,4)5/h6-7,9-10,13H,8,11H2,1-5H3,(H,17,18). The molecule has 0 heterocycles. The number of alkyl carbamates (subject to hydrolysis) is 1. The van der Waals surface area contributed by atoms with E-state index in [1.54, 1.807) is 0 Å². The maximum absolute atomic E-state index is 11.6. The van der Waals surface area contributed by atoms with Crippen LogP contribution in [0.15, 0.2) is 24.3 Å². The maximum Gasteiger partial charge on any atom is 0.407 e. The van der Waals surface area contributed by atoms with E-state index in [9.17, 15) is 4.79 Å². The molecule has 0 spiro atoms. The average molecular weight is 263 g/mol. The Hall–Kier alpha value is -1.51. The minimum atomic E-state index is -0.444. The van der Waals surface area contributed by atoms with Crippen LogP contribution in [0.3, 0.4) is 0 Å². The van der Waals surface area contributed by atoms with Crippen molar-refractivity contribution >= 4 is 6.09 Å². The van der Waals surface area contributed by atoms with Crippen molar-refractivity contribution in [3.63, 3.8) is 0 Å². The van der Waals surface area contributed by atoms with E-state index in [1.165, 1.54) is 11.1 Å². The predicted molar refractivity (Wildman–Crippen MR) is 78.3 cm³/mol. The van der Waals surface area contributed by atoms with Gasteiger partial charge in [0.15, 0.2) is 0 Å². The molecule has 0 saturated heterocycles. The third-order valence-corrected chi connectivity index (χ3v) is 2.75. The third kappa shape index (κ3) is 6.85. The van der Waals surface area contributed by atoms with Crippen molar-refractivity contribution in [3.05, 3.63) is 35.4 Å². The Morgan fingerprint density at radius 1 is 1.26 bits per heavy atom. The lowest BCUT2D eigenvalue weighted by molar-refractivity contribution is 0.0506. The van der Waals surface area contributed by atoms with Crippen LogP contribution in [0.25, 0.3) is 0 Å². The molecule has 1 atom stereocenters. The molecular formula is C16H25NO2. The Balaban J connectivity index is 2.33. The highest BCUT2D eigenvalue weighted by atomic mass is 16.6. The first-order valence-corrected chi connectivity index (χ1v) is 6.81. The molecule has 0 aromatic heterocycles. The molecule has 0 bridgehead atoms. The Kier molecular flexibility index (Phi) is 5.40. The molecule has 1 amide bonds. The summed E-state index contributed by atoms with van der Waals surface area (Å²) >= 11 is 0. The molecular weight excluding hydrogens is 238 g/mol. The number of aryl methyl sites for hydroxylation is 2. The van der Waals surface area contributed by atoms with Crippen LogP contribution in [0.1, 0.15) is 45.2 Å². The topological polar surface area (TPSA) is 38.3 Å². The van der Waals surface area contributed by atoms with E-state index in [0.717, 1.165) is 12.8 Å². The lowest BCUT2D eigenvalue weighted by atomic mass is 10.1. The van der Waals surface area contributed by atoms with E-state index in [0.29, 0.717) is 0 Å². The predicted octanol–water partition coefficient (Wildman–Crippen LogP) is 3.84. The molecule has 1 aromatic rings. The van der Waals surface area contributed by atoms with E-state index in [4.69, 9.17) is 4.74 Å². The van der Waals surface area contributed by atoms with Crippen molar-refractivity contribution in [2.24, 2.45) is 0 Å². The van der Waals surface area contributed by atoms with Gasteiger partial charge in [-0.05, 0) is 53.0 Å². The lowest BCUT2D eigenvalue weighted by Crippen LogP contribution is -2.37. The van der Waals surface area contributed by atoms with Crippen LogP contribution in [-0.4, -0.2) is 17.7 Å². The van der Waals surface area contributed by atoms with E-state index in [2.05, 4.69) is 36.5 Å². The summed E-state index contributed by atoms with van der Waals surface area (Å²) in [6.45, 7) is 9.67. The summed E-state index contributed by atoms with van der Waals surface area (Å²) in [5.41, 5.74) is 2.12. The Labute approximate surface area is 116 Å². The fourth-order valence-corrected chi connectivity index (χ4v) is 1.72. The molecule has 0 saturated carbocycles. The Morgan fingerprint density at radius 3 is 2.37 bits per heavy atom. The van der Waals surface area contributed by atoms with Crippen molar-refractivity contribution in [2.45, 2.75) is 59.1 Å². The molecule has 3 heteroatoms. The molecule has 1 unspecified atom stereocenters. The van der Waals surface area contributed by atoms with Gasteiger partial charge in [0.05, 0.1) is 0 Å². The van der Waals surface area contributed by atoms with Crippen LogP contribution >= 0.6 is 0 Å². The van der Waals surface area contributed by atoms with E-state index < -0.39 is 5.60 Å². The van der Waals surface area contributed by atoms with Crippen molar-refractivity contribution in [2.75, 3.05) is 0 Å². The minimum absolute atomic E-state index is 0.108. The van der Waals surface area contributed by atoms with Crippen LogP contribution < -0.4 is 5.32 Å². The number of rotatable bonds is 4. The highest BCUT2D eigenvalue weighted by Crippen LogP contribution is 2.09. The lowest BCUT2D eigenvalue weighted by Gasteiger charge is -2.22. The monoisotopic (exact) mass is 263 g/mol. The number of hydrogen-bond donors (Lipinski definition) is 1. The first-order chi connectivity index (χ1) is 8.76. The summed E-state index contributed by atoms with van der Waals surface area (Å²) < 4.78 is 5.23. The van der Waals surface area contributed by atoms with E-state index in [-0.39, 0.29) is 12.1 Å². The van der Waals surface area contributed by atoms with Gasteiger partial charge in [-0.2, -0.15) is 0 Å². The second-order valence-corrected chi connectivity index (χ2v) is 6.07. The summed E-state index contributed by atoms with van der Waals surface area (Å²) in [6.07, 6.45) is 1.52. The highest BCUT2D eigenvalue weighted by molar-refractivity contribution is 5.68. The van der Waals surface area contributed by atoms with Gasteiger partial charge in [-0.3, -0.25) is 0 Å². The van der Waals surface area contributed by atoms with Crippen molar-refractivity contribution < 1.29 is 9.53 Å². The first kappa shape index (κ1) is 15.5. The summed E-state index contributed by atoms with van der Waals surface area (Å²) in [6, 6.07) is 8.60. The summed E-state index contributed by atoms with van der Waals surface area (Å²) in [7, 11) is 0. The normalized spacial score (nSPS) is 12.9. The fraction of sp³-hybridized carbons (Fsp3) is 0.562. The van der Waals surface area contributed by atoms with Crippen LogP contribution in [0, 0.1) is 6.92 Å². The third-order valence-electron chi connectivity index (χ3n) is 2.75. The zero-order valence-corrected chi connectivity index (χ0v) is 12.6. The van der Waals surface area contributed by atoms with E-state index >= 15 is 0 Å². The number of carbonyl (C=O) groups is 1. The largest absolute Gasteiger partial charge is 0.444 e. The highest BCUT2D eigenvalue weighted by Gasteiger charge is 2.17. The summed E-state index contributed by atoms with van der Waals surface area (Å²) in [5.74, 6) is 0. The van der Waals surface area contributed by atoms with Gasteiger partial charge in [-0.25, -0.2) is 4.79 Å². The number of benzene rings is 1. The molecule has 0 aliphatic carbocycles. The molecule has 1 aromatic carbocycles. The molecule has 0 radical (unpaired) electrons. The molecule has 106 valence electrons. The van der Waals surface area contributed by atoms with Gasteiger partial charge < -0.3 is 10.1 Å².